The van der Waals surface area contributed by atoms with Gasteiger partial charge in [0.25, 0.3) is 0 Å². The maximum Gasteiger partial charge on any atom is 0.0734 e. The van der Waals surface area contributed by atoms with Gasteiger partial charge < -0.3 is 9.30 Å². The molecule has 86 valence electrons. The third-order valence-corrected chi connectivity index (χ3v) is 3.00. The molecule has 0 atom stereocenters. The van der Waals surface area contributed by atoms with E-state index in [2.05, 4.69) is 49.7 Å². The molecule has 0 bridgehead atoms. The largest absolute Gasteiger partial charge is 0.380 e. The molecule has 2 heteroatoms. The van der Waals surface area contributed by atoms with Crippen molar-refractivity contribution < 1.29 is 4.74 Å². The van der Waals surface area contributed by atoms with Gasteiger partial charge in [0.2, 0.25) is 0 Å². The van der Waals surface area contributed by atoms with Gasteiger partial charge in [-0.15, -0.1) is 0 Å². The molecular formula is C14H19NO. The molecule has 0 radical (unpaired) electrons. The third kappa shape index (κ3) is 1.74. The molecule has 0 unspecified atom stereocenters. The molecule has 16 heavy (non-hydrogen) atoms. The third-order valence-electron chi connectivity index (χ3n) is 3.00. The van der Waals surface area contributed by atoms with Gasteiger partial charge in [-0.3, -0.25) is 0 Å². The zero-order chi connectivity index (χ0) is 11.7. The number of hydrogen-bond acceptors (Lipinski definition) is 1. The highest BCUT2D eigenvalue weighted by atomic mass is 16.5. The molecule has 2 rings (SSSR count). The first-order valence-corrected chi connectivity index (χ1v) is 5.73. The number of aryl methyl sites for hydroxylation is 1. The number of methoxy groups -OCH3 is 1. The van der Waals surface area contributed by atoms with Crippen LogP contribution in [0, 0.1) is 6.92 Å². The van der Waals surface area contributed by atoms with E-state index in [0.29, 0.717) is 12.6 Å². The van der Waals surface area contributed by atoms with E-state index in [9.17, 15) is 0 Å². The number of hydrogen-bond donors (Lipinski definition) is 0. The number of benzene rings is 1. The number of aromatic nitrogens is 1. The molecule has 2 aromatic rings. The predicted molar refractivity (Wildman–Crippen MR) is 67.8 cm³/mol. The van der Waals surface area contributed by atoms with Crippen molar-refractivity contribution in [2.75, 3.05) is 7.11 Å². The van der Waals surface area contributed by atoms with Crippen LogP contribution in [0.2, 0.25) is 0 Å². The van der Waals surface area contributed by atoms with Gasteiger partial charge in [0.15, 0.2) is 0 Å². The van der Waals surface area contributed by atoms with Gasteiger partial charge in [-0.05, 0) is 32.4 Å². The molecule has 1 aromatic heterocycles. The lowest BCUT2D eigenvalue weighted by Gasteiger charge is -2.09. The second kappa shape index (κ2) is 4.30. The second-order valence-electron chi connectivity index (χ2n) is 4.56. The minimum atomic E-state index is 0.481. The van der Waals surface area contributed by atoms with E-state index < -0.39 is 0 Å². The standard InChI is InChI=1S/C14H19NO/c1-10(2)15-8-12(9-16-4)14-11(3)6-5-7-13(14)15/h5-8,10H,9H2,1-4H3. The monoisotopic (exact) mass is 217 g/mol. The Morgan fingerprint density at radius 3 is 2.69 bits per heavy atom. The minimum absolute atomic E-state index is 0.481. The van der Waals surface area contributed by atoms with Crippen molar-refractivity contribution in [3.63, 3.8) is 0 Å². The minimum Gasteiger partial charge on any atom is -0.380 e. The van der Waals surface area contributed by atoms with Crippen LogP contribution >= 0.6 is 0 Å². The molecule has 0 aliphatic heterocycles. The van der Waals surface area contributed by atoms with Crippen LogP contribution < -0.4 is 0 Å². The molecule has 1 aromatic carbocycles. The van der Waals surface area contributed by atoms with Gasteiger partial charge in [0, 0.05) is 35.8 Å². The molecule has 0 aliphatic rings. The van der Waals surface area contributed by atoms with E-state index >= 15 is 0 Å². The number of fused-ring (bicyclic) bond motifs is 1. The van der Waals surface area contributed by atoms with Crippen LogP contribution in [-0.4, -0.2) is 11.7 Å². The highest BCUT2D eigenvalue weighted by Crippen LogP contribution is 2.27. The first-order chi connectivity index (χ1) is 7.65. The van der Waals surface area contributed by atoms with E-state index in [1.165, 1.54) is 22.0 Å². The average Bonchev–Trinajstić information content (AvgIpc) is 2.59. The Balaban J connectivity index is 2.71. The second-order valence-corrected chi connectivity index (χ2v) is 4.56. The van der Waals surface area contributed by atoms with Crippen molar-refractivity contribution in [1.82, 2.24) is 4.57 Å². The summed E-state index contributed by atoms with van der Waals surface area (Å²) in [6.45, 7) is 7.25. The quantitative estimate of drug-likeness (QED) is 0.765. The van der Waals surface area contributed by atoms with Crippen LogP contribution in [0.25, 0.3) is 10.9 Å². The van der Waals surface area contributed by atoms with Crippen LogP contribution in [-0.2, 0) is 11.3 Å². The maximum atomic E-state index is 5.27. The van der Waals surface area contributed by atoms with Crippen molar-refractivity contribution in [3.8, 4) is 0 Å². The van der Waals surface area contributed by atoms with E-state index in [1.807, 2.05) is 0 Å². The van der Waals surface area contributed by atoms with Gasteiger partial charge in [-0.25, -0.2) is 0 Å². The van der Waals surface area contributed by atoms with Crippen LogP contribution in [0.3, 0.4) is 0 Å². The van der Waals surface area contributed by atoms with E-state index in [-0.39, 0.29) is 0 Å². The zero-order valence-corrected chi connectivity index (χ0v) is 10.4. The molecule has 0 aliphatic carbocycles. The maximum absolute atomic E-state index is 5.27. The van der Waals surface area contributed by atoms with Crippen LogP contribution in [0.15, 0.2) is 24.4 Å². The normalized spacial score (nSPS) is 11.6. The van der Waals surface area contributed by atoms with Crippen LogP contribution in [0.4, 0.5) is 0 Å². The van der Waals surface area contributed by atoms with Gasteiger partial charge in [0.1, 0.15) is 0 Å². The van der Waals surface area contributed by atoms with Crippen molar-refractivity contribution in [2.24, 2.45) is 0 Å². The fourth-order valence-electron chi connectivity index (χ4n) is 2.28. The topological polar surface area (TPSA) is 14.2 Å². The summed E-state index contributed by atoms with van der Waals surface area (Å²) in [4.78, 5) is 0. The van der Waals surface area contributed by atoms with E-state index in [0.717, 1.165) is 0 Å². The molecule has 0 amide bonds. The summed E-state index contributed by atoms with van der Waals surface area (Å²) in [7, 11) is 1.75. The zero-order valence-electron chi connectivity index (χ0n) is 10.4. The Morgan fingerprint density at radius 1 is 1.31 bits per heavy atom. The molecule has 0 saturated heterocycles. The van der Waals surface area contributed by atoms with Gasteiger partial charge >= 0.3 is 0 Å². The molecule has 2 nitrogen and oxygen atoms in total. The number of ether oxygens (including phenoxy) is 1. The summed E-state index contributed by atoms with van der Waals surface area (Å²) < 4.78 is 7.59. The summed E-state index contributed by atoms with van der Waals surface area (Å²) >= 11 is 0. The summed E-state index contributed by atoms with van der Waals surface area (Å²) in [6.07, 6.45) is 2.21. The first-order valence-electron chi connectivity index (χ1n) is 5.73. The summed E-state index contributed by atoms with van der Waals surface area (Å²) in [5.41, 5.74) is 3.91. The Morgan fingerprint density at radius 2 is 2.06 bits per heavy atom. The Hall–Kier alpha value is -1.28. The van der Waals surface area contributed by atoms with Crippen molar-refractivity contribution in [2.45, 2.75) is 33.4 Å². The molecule has 0 saturated carbocycles. The summed E-state index contributed by atoms with van der Waals surface area (Å²) in [6, 6.07) is 6.94. The van der Waals surface area contributed by atoms with Crippen molar-refractivity contribution in [1.29, 1.82) is 0 Å². The van der Waals surface area contributed by atoms with Gasteiger partial charge in [-0.2, -0.15) is 0 Å². The summed E-state index contributed by atoms with van der Waals surface area (Å²) in [5.74, 6) is 0. The van der Waals surface area contributed by atoms with Crippen LogP contribution in [0.5, 0.6) is 0 Å². The highest BCUT2D eigenvalue weighted by molar-refractivity contribution is 5.87. The molecular weight excluding hydrogens is 198 g/mol. The number of nitrogens with zero attached hydrogens (tertiary/aromatic N) is 1. The predicted octanol–water partition coefficient (Wildman–Crippen LogP) is 3.68. The lowest BCUT2D eigenvalue weighted by Crippen LogP contribution is -1.97. The molecule has 0 N–H and O–H groups in total. The fourth-order valence-corrected chi connectivity index (χ4v) is 2.28. The molecule has 1 heterocycles. The summed E-state index contributed by atoms with van der Waals surface area (Å²) in [5, 5.41) is 1.35. The van der Waals surface area contributed by atoms with Crippen molar-refractivity contribution in [3.05, 3.63) is 35.5 Å². The van der Waals surface area contributed by atoms with Crippen molar-refractivity contribution >= 4 is 10.9 Å². The fraction of sp³-hybridized carbons (Fsp3) is 0.429. The Kier molecular flexibility index (Phi) is 3.01. The average molecular weight is 217 g/mol. The SMILES string of the molecule is COCc1cn(C(C)C)c2cccc(C)c12. The van der Waals surface area contributed by atoms with E-state index in [1.54, 1.807) is 7.11 Å². The van der Waals surface area contributed by atoms with Gasteiger partial charge in [0.05, 0.1) is 6.61 Å². The highest BCUT2D eigenvalue weighted by Gasteiger charge is 2.11. The Bertz CT molecular complexity index is 497. The lowest BCUT2D eigenvalue weighted by atomic mass is 10.1. The molecule has 0 spiro atoms. The Labute approximate surface area is 96.8 Å². The van der Waals surface area contributed by atoms with E-state index in [4.69, 9.17) is 4.74 Å². The first kappa shape index (κ1) is 11.2. The number of rotatable bonds is 3. The van der Waals surface area contributed by atoms with Crippen LogP contribution in [0.1, 0.15) is 31.0 Å². The molecule has 0 fully saturated rings. The smallest absolute Gasteiger partial charge is 0.0734 e. The lowest BCUT2D eigenvalue weighted by molar-refractivity contribution is 0.185. The van der Waals surface area contributed by atoms with Gasteiger partial charge in [-0.1, -0.05) is 12.1 Å².